The Morgan fingerprint density at radius 2 is 1.36 bits per heavy atom. The van der Waals surface area contributed by atoms with Crippen LogP contribution >= 0.6 is 0 Å². The highest BCUT2D eigenvalue weighted by molar-refractivity contribution is 5.58. The average Bonchev–Trinajstić information content (AvgIpc) is 2.48. The second-order valence-corrected chi connectivity index (χ2v) is 8.42. The molecule has 2 aliphatic heterocycles. The first kappa shape index (κ1) is 15.5. The van der Waals surface area contributed by atoms with E-state index in [2.05, 4.69) is 74.0 Å². The molecule has 0 N–H and O–H groups in total. The zero-order valence-electron chi connectivity index (χ0n) is 14.6. The first-order valence-electron chi connectivity index (χ1n) is 8.66. The van der Waals surface area contributed by atoms with Crippen LogP contribution in [0.25, 0.3) is 0 Å². The second kappa shape index (κ2) is 5.64. The molecule has 0 atom stereocenters. The van der Waals surface area contributed by atoms with Crippen LogP contribution in [0.2, 0.25) is 0 Å². The molecule has 0 aromatic heterocycles. The summed E-state index contributed by atoms with van der Waals surface area (Å²) >= 11 is 0. The molecule has 0 aliphatic carbocycles. The van der Waals surface area contributed by atoms with Crippen LogP contribution in [0.3, 0.4) is 0 Å². The van der Waals surface area contributed by atoms with Gasteiger partial charge in [-0.3, -0.25) is 0 Å². The zero-order chi connectivity index (χ0) is 15.8. The van der Waals surface area contributed by atoms with Gasteiger partial charge >= 0.3 is 0 Å². The first-order valence-corrected chi connectivity index (χ1v) is 8.66. The van der Waals surface area contributed by atoms with Gasteiger partial charge < -0.3 is 9.80 Å². The summed E-state index contributed by atoms with van der Waals surface area (Å²) in [6.45, 7) is 12.9. The summed E-state index contributed by atoms with van der Waals surface area (Å²) in [5, 5.41) is 0. The molecule has 2 heteroatoms. The minimum Gasteiger partial charge on any atom is -0.371 e. The SMILES string of the molecule is CC1(C)C=CN(c2ccc(N3CCC(C)(C)CC3)cc2)CC1. The Kier molecular flexibility index (Phi) is 3.96. The van der Waals surface area contributed by atoms with E-state index < -0.39 is 0 Å². The minimum absolute atomic E-state index is 0.344. The number of rotatable bonds is 2. The highest BCUT2D eigenvalue weighted by Gasteiger charge is 2.25. The molecule has 0 radical (unpaired) electrons. The van der Waals surface area contributed by atoms with Crippen LogP contribution in [0, 0.1) is 10.8 Å². The number of allylic oxidation sites excluding steroid dienone is 1. The summed E-state index contributed by atoms with van der Waals surface area (Å²) in [6.07, 6.45) is 8.38. The Bertz CT molecular complexity index is 529. The summed E-state index contributed by atoms with van der Waals surface area (Å²) in [4.78, 5) is 4.90. The molecular formula is C20H30N2. The Morgan fingerprint density at radius 1 is 0.773 bits per heavy atom. The fourth-order valence-corrected chi connectivity index (χ4v) is 3.30. The summed E-state index contributed by atoms with van der Waals surface area (Å²) in [5.74, 6) is 0. The Morgan fingerprint density at radius 3 is 1.91 bits per heavy atom. The van der Waals surface area contributed by atoms with Crippen molar-refractivity contribution < 1.29 is 0 Å². The van der Waals surface area contributed by atoms with Crippen LogP contribution in [0.15, 0.2) is 36.5 Å². The number of hydrogen-bond donors (Lipinski definition) is 0. The van der Waals surface area contributed by atoms with Crippen LogP contribution in [-0.4, -0.2) is 19.6 Å². The quantitative estimate of drug-likeness (QED) is 0.752. The van der Waals surface area contributed by atoms with Crippen molar-refractivity contribution in [3.05, 3.63) is 36.5 Å². The molecule has 120 valence electrons. The largest absolute Gasteiger partial charge is 0.371 e. The molecule has 0 spiro atoms. The summed E-state index contributed by atoms with van der Waals surface area (Å²) in [5.41, 5.74) is 3.55. The van der Waals surface area contributed by atoms with Gasteiger partial charge in [0.2, 0.25) is 0 Å². The van der Waals surface area contributed by atoms with Crippen molar-refractivity contribution in [1.82, 2.24) is 0 Å². The van der Waals surface area contributed by atoms with Crippen molar-refractivity contribution in [1.29, 1.82) is 0 Å². The van der Waals surface area contributed by atoms with Gasteiger partial charge in [0.25, 0.3) is 0 Å². The second-order valence-electron chi connectivity index (χ2n) is 8.42. The predicted molar refractivity (Wildman–Crippen MR) is 96.6 cm³/mol. The Balaban J connectivity index is 1.66. The van der Waals surface area contributed by atoms with Gasteiger partial charge in [0, 0.05) is 37.2 Å². The van der Waals surface area contributed by atoms with E-state index >= 15 is 0 Å². The van der Waals surface area contributed by atoms with Crippen LogP contribution in [0.1, 0.15) is 47.0 Å². The molecule has 2 aliphatic rings. The van der Waals surface area contributed by atoms with Crippen molar-refractivity contribution in [2.75, 3.05) is 29.4 Å². The standard InChI is InChI=1S/C20H30N2/c1-19(2)9-13-21(14-10-19)17-5-7-18(8-6-17)22-15-11-20(3,4)12-16-22/h5-9,13H,10-12,14-16H2,1-4H3. The van der Waals surface area contributed by atoms with Crippen LogP contribution < -0.4 is 9.80 Å². The van der Waals surface area contributed by atoms with Gasteiger partial charge in [-0.15, -0.1) is 0 Å². The Hall–Kier alpha value is -1.44. The van der Waals surface area contributed by atoms with Gasteiger partial charge in [0.15, 0.2) is 0 Å². The van der Waals surface area contributed by atoms with Gasteiger partial charge in [-0.2, -0.15) is 0 Å². The maximum absolute atomic E-state index is 2.53. The predicted octanol–water partition coefficient (Wildman–Crippen LogP) is 5.06. The van der Waals surface area contributed by atoms with Gasteiger partial charge in [-0.05, 0) is 54.4 Å². The number of anilines is 2. The van der Waals surface area contributed by atoms with E-state index in [1.165, 1.54) is 43.7 Å². The number of nitrogens with zero attached hydrogens (tertiary/aromatic N) is 2. The summed E-state index contributed by atoms with van der Waals surface area (Å²) < 4.78 is 0. The molecule has 1 saturated heterocycles. The van der Waals surface area contributed by atoms with Gasteiger partial charge in [0.1, 0.15) is 0 Å². The van der Waals surface area contributed by atoms with Gasteiger partial charge in [-0.25, -0.2) is 0 Å². The third kappa shape index (κ3) is 3.48. The van der Waals surface area contributed by atoms with Gasteiger partial charge in [-0.1, -0.05) is 33.8 Å². The normalized spacial score (nSPS) is 23.6. The molecule has 2 nitrogen and oxygen atoms in total. The lowest BCUT2D eigenvalue weighted by Crippen LogP contribution is -2.37. The molecule has 1 aromatic carbocycles. The maximum atomic E-state index is 2.53. The van der Waals surface area contributed by atoms with E-state index in [0.29, 0.717) is 10.8 Å². The lowest BCUT2D eigenvalue weighted by molar-refractivity contribution is 0.280. The molecule has 0 unspecified atom stereocenters. The monoisotopic (exact) mass is 298 g/mol. The van der Waals surface area contributed by atoms with E-state index in [9.17, 15) is 0 Å². The van der Waals surface area contributed by atoms with Crippen molar-refractivity contribution in [2.24, 2.45) is 10.8 Å². The van der Waals surface area contributed by atoms with Crippen molar-refractivity contribution in [3.8, 4) is 0 Å². The van der Waals surface area contributed by atoms with E-state index in [-0.39, 0.29) is 0 Å². The van der Waals surface area contributed by atoms with E-state index in [1.807, 2.05) is 0 Å². The smallest absolute Gasteiger partial charge is 0.0407 e. The van der Waals surface area contributed by atoms with E-state index in [4.69, 9.17) is 0 Å². The highest BCUT2D eigenvalue weighted by atomic mass is 15.1. The lowest BCUT2D eigenvalue weighted by atomic mass is 9.82. The van der Waals surface area contributed by atoms with Crippen LogP contribution in [-0.2, 0) is 0 Å². The third-order valence-corrected chi connectivity index (χ3v) is 5.37. The molecule has 1 aromatic rings. The number of benzene rings is 1. The Labute approximate surface area is 135 Å². The highest BCUT2D eigenvalue weighted by Crippen LogP contribution is 2.34. The van der Waals surface area contributed by atoms with Crippen molar-refractivity contribution in [3.63, 3.8) is 0 Å². The fourth-order valence-electron chi connectivity index (χ4n) is 3.30. The summed E-state index contributed by atoms with van der Waals surface area (Å²) in [7, 11) is 0. The van der Waals surface area contributed by atoms with E-state index in [0.717, 1.165) is 6.54 Å². The average molecular weight is 298 g/mol. The molecule has 0 bridgehead atoms. The first-order chi connectivity index (χ1) is 10.3. The molecule has 2 heterocycles. The molecular weight excluding hydrogens is 268 g/mol. The summed E-state index contributed by atoms with van der Waals surface area (Å²) in [6, 6.07) is 9.14. The fraction of sp³-hybridized carbons (Fsp3) is 0.600. The van der Waals surface area contributed by atoms with Crippen molar-refractivity contribution >= 4 is 11.4 Å². The number of piperidine rings is 1. The minimum atomic E-state index is 0.344. The third-order valence-electron chi connectivity index (χ3n) is 5.37. The van der Waals surface area contributed by atoms with Crippen LogP contribution in [0.4, 0.5) is 11.4 Å². The van der Waals surface area contributed by atoms with E-state index in [1.54, 1.807) is 0 Å². The van der Waals surface area contributed by atoms with Crippen molar-refractivity contribution in [2.45, 2.75) is 47.0 Å². The molecule has 0 amide bonds. The molecule has 3 rings (SSSR count). The lowest BCUT2D eigenvalue weighted by Gasteiger charge is -2.38. The number of hydrogen-bond acceptors (Lipinski definition) is 2. The topological polar surface area (TPSA) is 6.48 Å². The molecule has 22 heavy (non-hydrogen) atoms. The molecule has 1 fully saturated rings. The zero-order valence-corrected chi connectivity index (χ0v) is 14.6. The molecule has 0 saturated carbocycles. The van der Waals surface area contributed by atoms with Crippen LogP contribution in [0.5, 0.6) is 0 Å². The maximum Gasteiger partial charge on any atom is 0.0407 e. The van der Waals surface area contributed by atoms with Gasteiger partial charge in [0.05, 0.1) is 0 Å².